The fraction of sp³-hybridized carbons (Fsp3) is 0.455. The lowest BCUT2D eigenvalue weighted by Gasteiger charge is -2.42. The third-order valence-electron chi connectivity index (χ3n) is 8.98. The highest BCUT2D eigenvalue weighted by Gasteiger charge is 2.35. The van der Waals surface area contributed by atoms with E-state index < -0.39 is 17.8 Å². The first-order valence-corrected chi connectivity index (χ1v) is 15.0. The predicted molar refractivity (Wildman–Crippen MR) is 171 cm³/mol. The standard InChI is InChI=1S/C33H37FN6O2.H2S/c1-22-7-5-10-25-11-6-12-29(30(22)25)38-16-14-27-28(20-38)36-33(42-21-24-8-3-4-9-24)37-31(27)39-17-18-40(32(41)23(2)34)26(19-39)13-15-35;/h5-7,10-12,24,26H,2-4,8-9,13-14,16-21H2,1H3;1H2/t26-;/m0./s1. The van der Waals surface area contributed by atoms with Crippen LogP contribution in [-0.4, -0.2) is 59.6 Å². The number of anilines is 2. The summed E-state index contributed by atoms with van der Waals surface area (Å²) >= 11 is 0. The van der Waals surface area contributed by atoms with Crippen molar-refractivity contribution in [3.8, 4) is 12.1 Å². The third kappa shape index (κ3) is 6.28. The monoisotopic (exact) mass is 602 g/mol. The summed E-state index contributed by atoms with van der Waals surface area (Å²) in [5, 5.41) is 12.0. The summed E-state index contributed by atoms with van der Waals surface area (Å²) in [4.78, 5) is 28.3. The summed E-state index contributed by atoms with van der Waals surface area (Å²) in [6.07, 6.45) is 5.65. The van der Waals surface area contributed by atoms with Gasteiger partial charge in [-0.3, -0.25) is 4.79 Å². The Morgan fingerprint density at radius 2 is 1.88 bits per heavy atom. The smallest absolute Gasteiger partial charge is 0.318 e. The van der Waals surface area contributed by atoms with E-state index in [0.717, 1.165) is 42.9 Å². The quantitative estimate of drug-likeness (QED) is 0.326. The van der Waals surface area contributed by atoms with Crippen molar-refractivity contribution in [1.29, 1.82) is 5.26 Å². The molecule has 8 nitrogen and oxygen atoms in total. The molecule has 1 atom stereocenters. The maximum absolute atomic E-state index is 13.8. The Morgan fingerprint density at radius 1 is 1.12 bits per heavy atom. The Bertz CT molecular complexity index is 1550. The minimum Gasteiger partial charge on any atom is -0.463 e. The van der Waals surface area contributed by atoms with Crippen LogP contribution in [0.25, 0.3) is 10.8 Å². The van der Waals surface area contributed by atoms with E-state index in [2.05, 4.69) is 65.8 Å². The molecule has 2 aliphatic heterocycles. The molecule has 6 rings (SSSR count). The number of ether oxygens (including phenoxy) is 1. The van der Waals surface area contributed by atoms with Gasteiger partial charge in [0.25, 0.3) is 5.91 Å². The third-order valence-corrected chi connectivity index (χ3v) is 8.98. The molecular weight excluding hydrogens is 563 g/mol. The van der Waals surface area contributed by atoms with Gasteiger partial charge in [0.05, 0.1) is 37.4 Å². The molecule has 226 valence electrons. The lowest BCUT2D eigenvalue weighted by Crippen LogP contribution is -2.55. The Balaban J connectivity index is 0.00000368. The lowest BCUT2D eigenvalue weighted by molar-refractivity contribution is -0.131. The van der Waals surface area contributed by atoms with E-state index >= 15 is 0 Å². The van der Waals surface area contributed by atoms with Gasteiger partial charge >= 0.3 is 6.01 Å². The number of nitriles is 1. The minimum atomic E-state index is -1.00. The van der Waals surface area contributed by atoms with Crippen molar-refractivity contribution in [2.75, 3.05) is 42.6 Å². The van der Waals surface area contributed by atoms with Crippen molar-refractivity contribution in [2.45, 2.75) is 58.0 Å². The summed E-state index contributed by atoms with van der Waals surface area (Å²) in [5.41, 5.74) is 4.44. The summed E-state index contributed by atoms with van der Waals surface area (Å²) in [6, 6.07) is 14.9. The van der Waals surface area contributed by atoms with Crippen LogP contribution in [0.4, 0.5) is 15.9 Å². The van der Waals surface area contributed by atoms with Gasteiger partial charge in [-0.25, -0.2) is 4.39 Å². The van der Waals surface area contributed by atoms with Gasteiger partial charge in [0, 0.05) is 42.8 Å². The maximum Gasteiger partial charge on any atom is 0.318 e. The molecule has 0 spiro atoms. The molecule has 10 heteroatoms. The number of halogens is 1. The van der Waals surface area contributed by atoms with Gasteiger partial charge in [-0.2, -0.15) is 28.7 Å². The largest absolute Gasteiger partial charge is 0.463 e. The molecular formula is C33H39FN6O2S. The molecule has 2 fully saturated rings. The van der Waals surface area contributed by atoms with Gasteiger partial charge in [0.15, 0.2) is 5.83 Å². The number of nitrogens with zero attached hydrogens (tertiary/aromatic N) is 6. The van der Waals surface area contributed by atoms with Gasteiger partial charge in [-0.15, -0.1) is 0 Å². The van der Waals surface area contributed by atoms with E-state index in [1.54, 1.807) is 0 Å². The zero-order valence-electron chi connectivity index (χ0n) is 24.7. The van der Waals surface area contributed by atoms with Gasteiger partial charge in [-0.1, -0.05) is 49.8 Å². The molecule has 0 bridgehead atoms. The molecule has 43 heavy (non-hydrogen) atoms. The van der Waals surface area contributed by atoms with E-state index in [1.165, 1.54) is 39.8 Å². The van der Waals surface area contributed by atoms with Gasteiger partial charge < -0.3 is 19.4 Å². The second-order valence-electron chi connectivity index (χ2n) is 11.7. The fourth-order valence-corrected chi connectivity index (χ4v) is 6.81. The molecule has 0 unspecified atom stereocenters. The molecule has 2 aromatic carbocycles. The number of hydrogen-bond acceptors (Lipinski definition) is 7. The van der Waals surface area contributed by atoms with Crippen LogP contribution in [0.1, 0.15) is 48.9 Å². The van der Waals surface area contributed by atoms with Gasteiger partial charge in [-0.05, 0) is 49.1 Å². The van der Waals surface area contributed by atoms with Gasteiger partial charge in [0.2, 0.25) is 0 Å². The normalized spacial score (nSPS) is 18.6. The average Bonchev–Trinajstić information content (AvgIpc) is 3.53. The van der Waals surface area contributed by atoms with Crippen molar-refractivity contribution >= 4 is 41.7 Å². The number of carbonyl (C=O) groups is 1. The number of hydrogen-bond donors (Lipinski definition) is 0. The molecule has 1 saturated heterocycles. The number of rotatable bonds is 7. The number of piperazine rings is 1. The molecule has 3 aliphatic rings. The molecule has 1 amide bonds. The van der Waals surface area contributed by atoms with Crippen LogP contribution < -0.4 is 14.5 Å². The van der Waals surface area contributed by atoms with Crippen molar-refractivity contribution in [3.05, 3.63) is 65.6 Å². The SMILES string of the molecule is C=C(F)C(=O)N1CCN(c2nc(OCC3CCCC3)nc3c2CCN(c2cccc4cccc(C)c24)C3)C[C@@H]1CC#N.S. The van der Waals surface area contributed by atoms with Crippen LogP contribution in [0, 0.1) is 24.2 Å². The van der Waals surface area contributed by atoms with E-state index in [1.807, 2.05) is 0 Å². The van der Waals surface area contributed by atoms with E-state index in [4.69, 9.17) is 14.7 Å². The second kappa shape index (κ2) is 13.2. The number of amides is 1. The van der Waals surface area contributed by atoms with Crippen LogP contribution in [-0.2, 0) is 17.8 Å². The van der Waals surface area contributed by atoms with Crippen LogP contribution in [0.2, 0.25) is 0 Å². The molecule has 1 aliphatic carbocycles. The van der Waals surface area contributed by atoms with E-state index in [0.29, 0.717) is 38.2 Å². The molecule has 1 aromatic heterocycles. The molecule has 3 aromatic rings. The van der Waals surface area contributed by atoms with Crippen LogP contribution >= 0.6 is 13.5 Å². The highest BCUT2D eigenvalue weighted by atomic mass is 32.1. The number of aryl methyl sites for hydroxylation is 1. The average molecular weight is 603 g/mol. The number of benzene rings is 2. The number of carbonyl (C=O) groups excluding carboxylic acids is 1. The highest BCUT2D eigenvalue weighted by Crippen LogP contribution is 2.36. The summed E-state index contributed by atoms with van der Waals surface area (Å²) in [5.74, 6) is -0.436. The molecule has 1 saturated carbocycles. The van der Waals surface area contributed by atoms with Crippen LogP contribution in [0.5, 0.6) is 6.01 Å². The van der Waals surface area contributed by atoms with Crippen molar-refractivity contribution < 1.29 is 13.9 Å². The number of fused-ring (bicyclic) bond motifs is 2. The Kier molecular flexibility index (Phi) is 9.40. The van der Waals surface area contributed by atoms with Crippen LogP contribution in [0.15, 0.2) is 48.8 Å². The summed E-state index contributed by atoms with van der Waals surface area (Å²) in [6.45, 7) is 8.50. The first-order valence-electron chi connectivity index (χ1n) is 15.0. The lowest BCUT2D eigenvalue weighted by atomic mass is 9.99. The zero-order valence-corrected chi connectivity index (χ0v) is 25.7. The Morgan fingerprint density at radius 3 is 2.63 bits per heavy atom. The fourth-order valence-electron chi connectivity index (χ4n) is 6.81. The minimum absolute atomic E-state index is 0. The number of aromatic nitrogens is 2. The predicted octanol–water partition coefficient (Wildman–Crippen LogP) is 5.60. The van der Waals surface area contributed by atoms with E-state index in [9.17, 15) is 14.4 Å². The molecule has 3 heterocycles. The van der Waals surface area contributed by atoms with Crippen molar-refractivity contribution in [2.24, 2.45) is 5.92 Å². The van der Waals surface area contributed by atoms with Crippen molar-refractivity contribution in [3.63, 3.8) is 0 Å². The summed E-state index contributed by atoms with van der Waals surface area (Å²) < 4.78 is 20.0. The van der Waals surface area contributed by atoms with Gasteiger partial charge in [0.1, 0.15) is 5.82 Å². The molecule has 0 radical (unpaired) electrons. The Hall–Kier alpha value is -3.84. The Labute approximate surface area is 259 Å². The molecule has 0 N–H and O–H groups in total. The summed E-state index contributed by atoms with van der Waals surface area (Å²) in [7, 11) is 0. The van der Waals surface area contributed by atoms with Crippen molar-refractivity contribution in [1.82, 2.24) is 14.9 Å². The second-order valence-corrected chi connectivity index (χ2v) is 11.7. The first-order chi connectivity index (χ1) is 20.4. The topological polar surface area (TPSA) is 85.6 Å². The first kappa shape index (κ1) is 30.6. The maximum atomic E-state index is 13.8. The highest BCUT2D eigenvalue weighted by molar-refractivity contribution is 7.59. The van der Waals surface area contributed by atoms with Crippen LogP contribution in [0.3, 0.4) is 0 Å². The zero-order chi connectivity index (χ0) is 29.2. The van der Waals surface area contributed by atoms with E-state index in [-0.39, 0.29) is 26.5 Å².